The summed E-state index contributed by atoms with van der Waals surface area (Å²) in [6.45, 7) is -0.191. The SMILES string of the molecule is COc1cccc(NC(=O)NCC(O)c2ccc(C(F)(F)F)cc2)c1OC. The van der Waals surface area contributed by atoms with Crippen LogP contribution in [0.25, 0.3) is 0 Å². The molecule has 0 aliphatic carbocycles. The molecular weight excluding hydrogens is 365 g/mol. The number of rotatable bonds is 6. The zero-order chi connectivity index (χ0) is 20.0. The van der Waals surface area contributed by atoms with Crippen molar-refractivity contribution in [3.05, 3.63) is 53.6 Å². The lowest BCUT2D eigenvalue weighted by Crippen LogP contribution is -2.32. The van der Waals surface area contributed by atoms with Crippen molar-refractivity contribution in [3.8, 4) is 11.5 Å². The second kappa shape index (κ2) is 8.63. The Kier molecular flexibility index (Phi) is 6.51. The number of benzene rings is 2. The number of amides is 2. The van der Waals surface area contributed by atoms with Crippen molar-refractivity contribution >= 4 is 11.7 Å². The van der Waals surface area contributed by atoms with Crippen LogP contribution in [0, 0.1) is 0 Å². The molecule has 27 heavy (non-hydrogen) atoms. The summed E-state index contributed by atoms with van der Waals surface area (Å²) in [6, 6.07) is 8.39. The molecule has 3 N–H and O–H groups in total. The normalized spacial score (nSPS) is 12.2. The maximum absolute atomic E-state index is 12.6. The van der Waals surface area contributed by atoms with Gasteiger partial charge in [0.15, 0.2) is 11.5 Å². The van der Waals surface area contributed by atoms with Gasteiger partial charge in [0, 0.05) is 6.54 Å². The van der Waals surface area contributed by atoms with Gasteiger partial charge in [0.2, 0.25) is 0 Å². The van der Waals surface area contributed by atoms with Gasteiger partial charge < -0.3 is 25.2 Å². The largest absolute Gasteiger partial charge is 0.493 e. The van der Waals surface area contributed by atoms with Crippen LogP contribution < -0.4 is 20.1 Å². The van der Waals surface area contributed by atoms with Gasteiger partial charge in [-0.3, -0.25) is 0 Å². The third-order valence-electron chi connectivity index (χ3n) is 3.73. The lowest BCUT2D eigenvalue weighted by Gasteiger charge is -2.16. The van der Waals surface area contributed by atoms with E-state index in [1.54, 1.807) is 18.2 Å². The molecule has 1 atom stereocenters. The van der Waals surface area contributed by atoms with Crippen molar-refractivity contribution in [3.63, 3.8) is 0 Å². The Labute approximate surface area is 153 Å². The molecule has 2 amide bonds. The number of hydrogen-bond acceptors (Lipinski definition) is 4. The molecule has 0 radical (unpaired) electrons. The smallest absolute Gasteiger partial charge is 0.416 e. The van der Waals surface area contributed by atoms with Gasteiger partial charge in [-0.1, -0.05) is 18.2 Å². The van der Waals surface area contributed by atoms with Gasteiger partial charge in [0.05, 0.1) is 31.6 Å². The molecular formula is C18H19F3N2O4. The number of para-hydroxylation sites is 1. The number of hydrogen-bond donors (Lipinski definition) is 3. The number of halogens is 3. The molecule has 2 aromatic carbocycles. The number of alkyl halides is 3. The lowest BCUT2D eigenvalue weighted by molar-refractivity contribution is -0.137. The second-order valence-corrected chi connectivity index (χ2v) is 5.51. The third-order valence-corrected chi connectivity index (χ3v) is 3.73. The number of anilines is 1. The molecule has 1 unspecified atom stereocenters. The number of carbonyl (C=O) groups is 1. The predicted molar refractivity (Wildman–Crippen MR) is 93.0 cm³/mol. The molecule has 0 saturated heterocycles. The number of urea groups is 1. The van der Waals surface area contributed by atoms with Crippen LogP contribution in [0.1, 0.15) is 17.2 Å². The highest BCUT2D eigenvalue weighted by atomic mass is 19.4. The fraction of sp³-hybridized carbons (Fsp3) is 0.278. The third kappa shape index (κ3) is 5.27. The standard InChI is InChI=1S/C18H19F3N2O4/c1-26-15-5-3-4-13(16(15)27-2)23-17(25)22-10-14(24)11-6-8-12(9-7-11)18(19,20)21/h3-9,14,24H,10H2,1-2H3,(H2,22,23,25). The Bertz CT molecular complexity index is 779. The molecule has 0 aromatic heterocycles. The highest BCUT2D eigenvalue weighted by molar-refractivity contribution is 5.91. The summed E-state index contributed by atoms with van der Waals surface area (Å²) in [4.78, 5) is 12.0. The van der Waals surface area contributed by atoms with Crippen LogP contribution in [0.3, 0.4) is 0 Å². The van der Waals surface area contributed by atoms with Crippen LogP contribution in [0.2, 0.25) is 0 Å². The molecule has 0 heterocycles. The van der Waals surface area contributed by atoms with Crippen LogP contribution in [-0.2, 0) is 6.18 Å². The summed E-state index contributed by atoms with van der Waals surface area (Å²) < 4.78 is 48.0. The molecule has 0 fully saturated rings. The Morgan fingerprint density at radius 3 is 2.33 bits per heavy atom. The molecule has 9 heteroatoms. The monoisotopic (exact) mass is 384 g/mol. The van der Waals surface area contributed by atoms with Gasteiger partial charge >= 0.3 is 12.2 Å². The molecule has 146 valence electrons. The maximum Gasteiger partial charge on any atom is 0.416 e. The number of methoxy groups -OCH3 is 2. The van der Waals surface area contributed by atoms with E-state index < -0.39 is 23.9 Å². The Morgan fingerprint density at radius 1 is 1.11 bits per heavy atom. The zero-order valence-corrected chi connectivity index (χ0v) is 14.6. The first-order chi connectivity index (χ1) is 12.8. The van der Waals surface area contributed by atoms with Gasteiger partial charge in [-0.2, -0.15) is 13.2 Å². The van der Waals surface area contributed by atoms with E-state index in [-0.39, 0.29) is 12.1 Å². The number of nitrogens with one attached hydrogen (secondary N) is 2. The predicted octanol–water partition coefficient (Wildman–Crippen LogP) is 3.58. The second-order valence-electron chi connectivity index (χ2n) is 5.51. The molecule has 2 aromatic rings. The van der Waals surface area contributed by atoms with Crippen LogP contribution in [-0.4, -0.2) is 31.9 Å². The van der Waals surface area contributed by atoms with Crippen LogP contribution in [0.5, 0.6) is 11.5 Å². The summed E-state index contributed by atoms with van der Waals surface area (Å²) in [6.07, 6.45) is -5.61. The van der Waals surface area contributed by atoms with E-state index in [9.17, 15) is 23.1 Å². The minimum absolute atomic E-state index is 0.191. The van der Waals surface area contributed by atoms with Gasteiger partial charge in [-0.05, 0) is 29.8 Å². The number of carbonyl (C=O) groups excluding carboxylic acids is 1. The van der Waals surface area contributed by atoms with E-state index in [1.165, 1.54) is 14.2 Å². The van der Waals surface area contributed by atoms with E-state index in [0.29, 0.717) is 17.2 Å². The number of aliphatic hydroxyl groups excluding tert-OH is 1. The van der Waals surface area contributed by atoms with Gasteiger partial charge in [-0.15, -0.1) is 0 Å². The summed E-state index contributed by atoms with van der Waals surface area (Å²) >= 11 is 0. The van der Waals surface area contributed by atoms with Crippen molar-refractivity contribution < 1.29 is 32.5 Å². The molecule has 6 nitrogen and oxygen atoms in total. The number of aliphatic hydroxyl groups is 1. The molecule has 0 spiro atoms. The topological polar surface area (TPSA) is 79.8 Å². The minimum atomic E-state index is -4.45. The van der Waals surface area contributed by atoms with Crippen molar-refractivity contribution in [2.24, 2.45) is 0 Å². The van der Waals surface area contributed by atoms with Gasteiger partial charge in [-0.25, -0.2) is 4.79 Å². The summed E-state index contributed by atoms with van der Waals surface area (Å²) in [5.41, 5.74) is -0.199. The Morgan fingerprint density at radius 2 is 1.78 bits per heavy atom. The minimum Gasteiger partial charge on any atom is -0.493 e. The van der Waals surface area contributed by atoms with Crippen molar-refractivity contribution in [1.29, 1.82) is 0 Å². The van der Waals surface area contributed by atoms with Crippen LogP contribution in [0.4, 0.5) is 23.7 Å². The van der Waals surface area contributed by atoms with Crippen LogP contribution in [0.15, 0.2) is 42.5 Å². The highest BCUT2D eigenvalue weighted by Gasteiger charge is 2.30. The highest BCUT2D eigenvalue weighted by Crippen LogP contribution is 2.34. The first-order valence-electron chi connectivity index (χ1n) is 7.87. The Balaban J connectivity index is 1.96. The molecule has 0 saturated carbocycles. The van der Waals surface area contributed by atoms with E-state index in [2.05, 4.69) is 10.6 Å². The van der Waals surface area contributed by atoms with Gasteiger partial charge in [0.1, 0.15) is 0 Å². The van der Waals surface area contributed by atoms with Crippen molar-refractivity contribution in [2.75, 3.05) is 26.1 Å². The first-order valence-corrected chi connectivity index (χ1v) is 7.87. The van der Waals surface area contributed by atoms with E-state index in [0.717, 1.165) is 24.3 Å². The average Bonchev–Trinajstić information content (AvgIpc) is 2.65. The first kappa shape index (κ1) is 20.4. The zero-order valence-electron chi connectivity index (χ0n) is 14.6. The summed E-state index contributed by atoms with van der Waals surface area (Å²) in [5, 5.41) is 15.0. The van der Waals surface area contributed by atoms with Crippen molar-refractivity contribution in [2.45, 2.75) is 12.3 Å². The summed E-state index contributed by atoms with van der Waals surface area (Å²) in [5.74, 6) is 0.763. The molecule has 2 rings (SSSR count). The van der Waals surface area contributed by atoms with Crippen LogP contribution >= 0.6 is 0 Å². The molecule has 0 bridgehead atoms. The van der Waals surface area contributed by atoms with Crippen molar-refractivity contribution in [1.82, 2.24) is 5.32 Å². The fourth-order valence-corrected chi connectivity index (χ4v) is 2.35. The fourth-order valence-electron chi connectivity index (χ4n) is 2.35. The average molecular weight is 384 g/mol. The molecule has 0 aliphatic rings. The quantitative estimate of drug-likeness (QED) is 0.711. The van der Waals surface area contributed by atoms with E-state index in [4.69, 9.17) is 9.47 Å². The number of ether oxygens (including phenoxy) is 2. The van der Waals surface area contributed by atoms with E-state index in [1.807, 2.05) is 0 Å². The van der Waals surface area contributed by atoms with Gasteiger partial charge in [0.25, 0.3) is 0 Å². The lowest BCUT2D eigenvalue weighted by atomic mass is 10.1. The Hall–Kier alpha value is -2.94. The molecule has 0 aliphatic heterocycles. The maximum atomic E-state index is 12.6. The van der Waals surface area contributed by atoms with E-state index >= 15 is 0 Å². The summed E-state index contributed by atoms with van der Waals surface area (Å²) in [7, 11) is 2.89.